The second kappa shape index (κ2) is 9.14. The van der Waals surface area contributed by atoms with Crippen molar-refractivity contribution in [3.8, 4) is 0 Å². The average molecular weight is 347 g/mol. The van der Waals surface area contributed by atoms with Crippen molar-refractivity contribution in [3.63, 3.8) is 0 Å². The van der Waals surface area contributed by atoms with Crippen LogP contribution in [0.3, 0.4) is 0 Å². The number of carbonyl (C=O) groups excluding carboxylic acids is 1. The summed E-state index contributed by atoms with van der Waals surface area (Å²) in [6.07, 6.45) is 16.6. The van der Waals surface area contributed by atoms with Crippen molar-refractivity contribution in [2.75, 3.05) is 6.61 Å². The Bertz CT molecular complexity index is 501. The van der Waals surface area contributed by atoms with Crippen LogP contribution in [0.4, 0.5) is 0 Å². The minimum absolute atomic E-state index is 0.0328. The molecule has 1 heterocycles. The number of hydrogen-bond acceptors (Lipinski definition) is 3. The molecule has 0 bridgehead atoms. The van der Waals surface area contributed by atoms with Gasteiger partial charge in [0.25, 0.3) is 0 Å². The van der Waals surface area contributed by atoms with E-state index in [9.17, 15) is 4.79 Å². The summed E-state index contributed by atoms with van der Waals surface area (Å²) in [6, 6.07) is 0. The van der Waals surface area contributed by atoms with Crippen LogP contribution in [-0.4, -0.2) is 24.8 Å². The van der Waals surface area contributed by atoms with Gasteiger partial charge in [0, 0.05) is 13.0 Å². The lowest BCUT2D eigenvalue weighted by Crippen LogP contribution is -2.27. The number of allylic oxidation sites excluding steroid dienone is 3. The Morgan fingerprint density at radius 1 is 1.32 bits per heavy atom. The van der Waals surface area contributed by atoms with Gasteiger partial charge in [-0.25, -0.2) is 0 Å². The fraction of sp³-hybridized carbons (Fsp3) is 0.773. The van der Waals surface area contributed by atoms with E-state index >= 15 is 0 Å². The molecule has 140 valence electrons. The van der Waals surface area contributed by atoms with Crippen molar-refractivity contribution in [2.24, 2.45) is 17.8 Å². The van der Waals surface area contributed by atoms with Crippen LogP contribution in [0, 0.1) is 17.8 Å². The lowest BCUT2D eigenvalue weighted by atomic mass is 9.88. The highest BCUT2D eigenvalue weighted by Gasteiger charge is 2.39. The molecule has 1 unspecified atom stereocenters. The second-order valence-corrected chi connectivity index (χ2v) is 8.11. The Kier molecular flexibility index (Phi) is 6.89. The van der Waals surface area contributed by atoms with Crippen molar-refractivity contribution in [1.82, 2.24) is 0 Å². The maximum absolute atomic E-state index is 11.7. The molecule has 25 heavy (non-hydrogen) atoms. The molecule has 3 heteroatoms. The summed E-state index contributed by atoms with van der Waals surface area (Å²) >= 11 is 0. The Morgan fingerprint density at radius 3 is 2.96 bits per heavy atom. The largest absolute Gasteiger partial charge is 0.353 e. The molecule has 1 aliphatic heterocycles. The van der Waals surface area contributed by atoms with E-state index in [0.717, 1.165) is 32.3 Å². The molecule has 0 aromatic rings. The summed E-state index contributed by atoms with van der Waals surface area (Å²) in [4.78, 5) is 11.7. The van der Waals surface area contributed by atoms with Gasteiger partial charge in [-0.05, 0) is 55.9 Å². The molecular formula is C22H34O3. The zero-order valence-corrected chi connectivity index (χ0v) is 15.9. The molecule has 0 amide bonds. The molecule has 0 aromatic carbocycles. The molecule has 0 radical (unpaired) electrons. The van der Waals surface area contributed by atoms with E-state index in [1.165, 1.54) is 31.3 Å². The van der Waals surface area contributed by atoms with E-state index in [-0.39, 0.29) is 12.4 Å². The topological polar surface area (TPSA) is 35.5 Å². The third kappa shape index (κ3) is 5.04. The zero-order chi connectivity index (χ0) is 17.6. The third-order valence-electron chi connectivity index (χ3n) is 6.03. The van der Waals surface area contributed by atoms with Crippen LogP contribution in [0.15, 0.2) is 23.8 Å². The Labute approximate surface area is 152 Å². The van der Waals surface area contributed by atoms with Gasteiger partial charge in [-0.3, -0.25) is 4.79 Å². The van der Waals surface area contributed by atoms with E-state index in [0.29, 0.717) is 30.0 Å². The van der Waals surface area contributed by atoms with E-state index in [4.69, 9.17) is 9.47 Å². The summed E-state index contributed by atoms with van der Waals surface area (Å²) in [7, 11) is 0. The summed E-state index contributed by atoms with van der Waals surface area (Å²) < 4.78 is 12.1. The number of rotatable bonds is 8. The fourth-order valence-corrected chi connectivity index (χ4v) is 4.61. The summed E-state index contributed by atoms with van der Waals surface area (Å²) in [5.41, 5.74) is 1.38. The number of ketones is 1. The van der Waals surface area contributed by atoms with Gasteiger partial charge in [0.1, 0.15) is 0 Å². The van der Waals surface area contributed by atoms with Crippen LogP contribution in [0.1, 0.15) is 71.6 Å². The maximum Gasteiger partial charge on any atom is 0.158 e. The van der Waals surface area contributed by atoms with Gasteiger partial charge in [0.15, 0.2) is 12.1 Å². The molecular weight excluding hydrogens is 312 g/mol. The highest BCUT2D eigenvalue weighted by molar-refractivity contribution is 5.93. The Balaban J connectivity index is 1.60. The predicted octanol–water partition coefficient (Wildman–Crippen LogP) is 5.21. The smallest absolute Gasteiger partial charge is 0.158 e. The van der Waals surface area contributed by atoms with Crippen molar-refractivity contribution < 1.29 is 14.3 Å². The second-order valence-electron chi connectivity index (χ2n) is 8.11. The first-order valence-corrected chi connectivity index (χ1v) is 10.4. The molecule has 0 spiro atoms. The van der Waals surface area contributed by atoms with Crippen molar-refractivity contribution in [1.29, 1.82) is 0 Å². The fourth-order valence-electron chi connectivity index (χ4n) is 4.61. The molecule has 3 rings (SSSR count). The molecule has 5 atom stereocenters. The highest BCUT2D eigenvalue weighted by Crippen LogP contribution is 2.46. The molecule has 2 fully saturated rings. The predicted molar refractivity (Wildman–Crippen MR) is 100 cm³/mol. The quantitative estimate of drug-likeness (QED) is 0.447. The van der Waals surface area contributed by atoms with E-state index < -0.39 is 0 Å². The van der Waals surface area contributed by atoms with Crippen molar-refractivity contribution in [2.45, 2.75) is 84.0 Å². The van der Waals surface area contributed by atoms with Gasteiger partial charge < -0.3 is 9.47 Å². The lowest BCUT2D eigenvalue weighted by Gasteiger charge is -2.27. The summed E-state index contributed by atoms with van der Waals surface area (Å²) in [5, 5.41) is 0. The molecule has 0 aromatic heterocycles. The van der Waals surface area contributed by atoms with Gasteiger partial charge in [0.05, 0.1) is 6.10 Å². The minimum Gasteiger partial charge on any atom is -0.353 e. The summed E-state index contributed by atoms with van der Waals surface area (Å²) in [5.74, 6) is 1.88. The van der Waals surface area contributed by atoms with Gasteiger partial charge in [-0.1, -0.05) is 50.8 Å². The standard InChI is InChI=1S/C22H34O3/c1-3-4-5-8-19(25-22-9-6-7-12-24-22)10-11-20-16(2)13-17-14-18(23)15-21(17)20/h10-11,14,16,19-22H,3-9,12-13,15H2,1-2H3/b11-10+/t16-,19+,20+,21+,22?/m1/s1. The van der Waals surface area contributed by atoms with Gasteiger partial charge in [-0.15, -0.1) is 0 Å². The van der Waals surface area contributed by atoms with Crippen molar-refractivity contribution in [3.05, 3.63) is 23.8 Å². The first-order chi connectivity index (χ1) is 12.2. The number of unbranched alkanes of at least 4 members (excludes halogenated alkanes) is 2. The molecule has 0 N–H and O–H groups in total. The Morgan fingerprint density at radius 2 is 2.20 bits per heavy atom. The SMILES string of the molecule is CCCCC[C@@H](/C=C/[C@H]1[C@H](C)CC2=CC(=O)C[C@@H]21)OC1CCCCO1. The monoisotopic (exact) mass is 346 g/mol. The Hall–Kier alpha value is -0.930. The minimum atomic E-state index is -0.0328. The third-order valence-corrected chi connectivity index (χ3v) is 6.03. The number of ether oxygens (including phenoxy) is 2. The van der Waals surface area contributed by atoms with Crippen LogP contribution in [-0.2, 0) is 14.3 Å². The number of fused-ring (bicyclic) bond motifs is 1. The molecule has 3 aliphatic rings. The lowest BCUT2D eigenvalue weighted by molar-refractivity contribution is -0.179. The molecule has 1 saturated carbocycles. The van der Waals surface area contributed by atoms with Crippen LogP contribution in [0.25, 0.3) is 0 Å². The first kappa shape index (κ1) is 18.8. The van der Waals surface area contributed by atoms with Crippen LogP contribution in [0.2, 0.25) is 0 Å². The number of hydrogen-bond donors (Lipinski definition) is 0. The first-order valence-electron chi connectivity index (χ1n) is 10.4. The summed E-state index contributed by atoms with van der Waals surface area (Å²) in [6.45, 7) is 5.38. The number of carbonyl (C=O) groups is 1. The van der Waals surface area contributed by atoms with Crippen molar-refractivity contribution >= 4 is 5.78 Å². The van der Waals surface area contributed by atoms with Gasteiger partial charge in [0.2, 0.25) is 0 Å². The van der Waals surface area contributed by atoms with Crippen LogP contribution in [0.5, 0.6) is 0 Å². The molecule has 2 aliphatic carbocycles. The maximum atomic E-state index is 11.7. The van der Waals surface area contributed by atoms with Gasteiger partial charge >= 0.3 is 0 Å². The van der Waals surface area contributed by atoms with Crippen LogP contribution < -0.4 is 0 Å². The zero-order valence-electron chi connectivity index (χ0n) is 15.9. The normalized spacial score (nSPS) is 33.7. The van der Waals surface area contributed by atoms with Gasteiger partial charge in [-0.2, -0.15) is 0 Å². The average Bonchev–Trinajstić information content (AvgIpc) is 3.08. The van der Waals surface area contributed by atoms with E-state index in [1.807, 2.05) is 6.08 Å². The van der Waals surface area contributed by atoms with Crippen LogP contribution >= 0.6 is 0 Å². The molecule has 3 nitrogen and oxygen atoms in total. The molecule has 1 saturated heterocycles. The van der Waals surface area contributed by atoms with E-state index in [2.05, 4.69) is 26.0 Å². The van der Waals surface area contributed by atoms with E-state index in [1.54, 1.807) is 0 Å². The highest BCUT2D eigenvalue weighted by atomic mass is 16.7.